The molecule has 3 rings (SSSR count). The molecule has 2 N–H and O–H groups in total. The first-order valence-electron chi connectivity index (χ1n) is 7.76. The summed E-state index contributed by atoms with van der Waals surface area (Å²) in [7, 11) is 0. The maximum Gasteiger partial charge on any atom is 0.416 e. The normalized spacial score (nSPS) is 16.4. The maximum absolute atomic E-state index is 12.7. The molecule has 128 valence electrons. The third kappa shape index (κ3) is 3.79. The second-order valence-corrected chi connectivity index (χ2v) is 5.90. The van der Waals surface area contributed by atoms with Gasteiger partial charge in [0, 0.05) is 45.1 Å². The SMILES string of the molecule is Nc1cc(C(F)(F)F)ccc1N1CCN(Cc2cccnc2)CC1. The lowest BCUT2D eigenvalue weighted by molar-refractivity contribution is -0.137. The minimum Gasteiger partial charge on any atom is -0.397 e. The molecule has 0 spiro atoms. The molecular formula is C17H19F3N4. The minimum absolute atomic E-state index is 0.172. The van der Waals surface area contributed by atoms with Gasteiger partial charge in [0.25, 0.3) is 0 Å². The van der Waals surface area contributed by atoms with Crippen molar-refractivity contribution in [3.05, 3.63) is 53.9 Å². The molecule has 0 amide bonds. The van der Waals surface area contributed by atoms with E-state index in [1.54, 1.807) is 6.20 Å². The van der Waals surface area contributed by atoms with Gasteiger partial charge >= 0.3 is 6.18 Å². The third-order valence-corrected chi connectivity index (χ3v) is 4.20. The van der Waals surface area contributed by atoms with Crippen LogP contribution in [0.25, 0.3) is 0 Å². The zero-order chi connectivity index (χ0) is 17.2. The number of nitrogens with two attached hydrogens (primary N) is 1. The number of nitrogen functional groups attached to an aromatic ring is 1. The van der Waals surface area contributed by atoms with Gasteiger partial charge in [-0.05, 0) is 29.8 Å². The van der Waals surface area contributed by atoms with Gasteiger partial charge in [-0.15, -0.1) is 0 Å². The molecule has 0 atom stereocenters. The van der Waals surface area contributed by atoms with Crippen molar-refractivity contribution in [2.75, 3.05) is 36.8 Å². The summed E-state index contributed by atoms with van der Waals surface area (Å²) in [4.78, 5) is 8.44. The highest BCUT2D eigenvalue weighted by Crippen LogP contribution is 2.34. The molecule has 1 saturated heterocycles. The molecule has 2 heterocycles. The highest BCUT2D eigenvalue weighted by molar-refractivity contribution is 5.69. The number of pyridine rings is 1. The van der Waals surface area contributed by atoms with Crippen LogP contribution in [0.2, 0.25) is 0 Å². The van der Waals surface area contributed by atoms with Gasteiger partial charge in [0.1, 0.15) is 0 Å². The molecule has 7 heteroatoms. The standard InChI is InChI=1S/C17H19F3N4/c18-17(19,20)14-3-4-16(15(21)10-14)24-8-6-23(7-9-24)12-13-2-1-5-22-11-13/h1-5,10-11H,6-9,12,21H2. The van der Waals surface area contributed by atoms with Crippen molar-refractivity contribution in [2.24, 2.45) is 0 Å². The summed E-state index contributed by atoms with van der Waals surface area (Å²) in [6.07, 6.45) is -0.774. The van der Waals surface area contributed by atoms with E-state index in [-0.39, 0.29) is 5.69 Å². The quantitative estimate of drug-likeness (QED) is 0.875. The lowest BCUT2D eigenvalue weighted by atomic mass is 10.1. The molecule has 0 aliphatic carbocycles. The van der Waals surface area contributed by atoms with E-state index in [0.29, 0.717) is 5.69 Å². The van der Waals surface area contributed by atoms with E-state index < -0.39 is 11.7 Å². The Morgan fingerprint density at radius 1 is 1.08 bits per heavy atom. The first-order chi connectivity index (χ1) is 11.4. The van der Waals surface area contributed by atoms with Gasteiger partial charge < -0.3 is 10.6 Å². The number of benzene rings is 1. The summed E-state index contributed by atoms with van der Waals surface area (Å²) in [6, 6.07) is 7.52. The molecule has 2 aromatic rings. The molecule has 0 saturated carbocycles. The van der Waals surface area contributed by atoms with E-state index in [2.05, 4.69) is 9.88 Å². The van der Waals surface area contributed by atoms with Crippen molar-refractivity contribution in [1.29, 1.82) is 0 Å². The van der Waals surface area contributed by atoms with Crippen molar-refractivity contribution >= 4 is 11.4 Å². The van der Waals surface area contributed by atoms with Gasteiger partial charge in [0.15, 0.2) is 0 Å². The Labute approximate surface area is 138 Å². The molecule has 24 heavy (non-hydrogen) atoms. The number of hydrogen-bond donors (Lipinski definition) is 1. The number of nitrogens with zero attached hydrogens (tertiary/aromatic N) is 3. The number of piperazine rings is 1. The van der Waals surface area contributed by atoms with Crippen molar-refractivity contribution < 1.29 is 13.2 Å². The van der Waals surface area contributed by atoms with Gasteiger partial charge in [-0.2, -0.15) is 13.2 Å². The van der Waals surface area contributed by atoms with Crippen LogP contribution in [0.5, 0.6) is 0 Å². The monoisotopic (exact) mass is 336 g/mol. The second kappa shape index (κ2) is 6.68. The summed E-state index contributed by atoms with van der Waals surface area (Å²) >= 11 is 0. The molecule has 0 radical (unpaired) electrons. The average molecular weight is 336 g/mol. The maximum atomic E-state index is 12.7. The van der Waals surface area contributed by atoms with E-state index >= 15 is 0 Å². The zero-order valence-corrected chi connectivity index (χ0v) is 13.1. The Kier molecular flexibility index (Phi) is 4.62. The van der Waals surface area contributed by atoms with Crippen LogP contribution in [-0.4, -0.2) is 36.1 Å². The highest BCUT2D eigenvalue weighted by atomic mass is 19.4. The van der Waals surface area contributed by atoms with Crippen molar-refractivity contribution in [3.63, 3.8) is 0 Å². The lowest BCUT2D eigenvalue weighted by Crippen LogP contribution is -2.46. The first-order valence-corrected chi connectivity index (χ1v) is 7.76. The van der Waals surface area contributed by atoms with Crippen molar-refractivity contribution in [1.82, 2.24) is 9.88 Å². The number of anilines is 2. The van der Waals surface area contributed by atoms with Crippen LogP contribution in [-0.2, 0) is 12.7 Å². The fourth-order valence-electron chi connectivity index (χ4n) is 2.92. The highest BCUT2D eigenvalue weighted by Gasteiger charge is 2.31. The van der Waals surface area contributed by atoms with E-state index in [4.69, 9.17) is 5.73 Å². The largest absolute Gasteiger partial charge is 0.416 e. The fourth-order valence-corrected chi connectivity index (χ4v) is 2.92. The summed E-state index contributed by atoms with van der Waals surface area (Å²) in [5.74, 6) is 0. The molecule has 1 fully saturated rings. The third-order valence-electron chi connectivity index (χ3n) is 4.20. The Balaban J connectivity index is 1.62. The van der Waals surface area contributed by atoms with E-state index in [9.17, 15) is 13.2 Å². The summed E-state index contributed by atoms with van der Waals surface area (Å²) < 4.78 is 38.2. The van der Waals surface area contributed by atoms with Crippen molar-refractivity contribution in [3.8, 4) is 0 Å². The average Bonchev–Trinajstić information content (AvgIpc) is 2.56. The van der Waals surface area contributed by atoms with Crippen LogP contribution >= 0.6 is 0 Å². The molecule has 0 unspecified atom stereocenters. The Morgan fingerprint density at radius 3 is 2.42 bits per heavy atom. The first kappa shape index (κ1) is 16.6. The van der Waals surface area contributed by atoms with Crippen LogP contribution in [0.3, 0.4) is 0 Å². The number of halogens is 3. The molecule has 4 nitrogen and oxygen atoms in total. The summed E-state index contributed by atoms with van der Waals surface area (Å²) in [5.41, 5.74) is 7.13. The van der Waals surface area contributed by atoms with Crippen molar-refractivity contribution in [2.45, 2.75) is 12.7 Å². The predicted molar refractivity (Wildman–Crippen MR) is 87.6 cm³/mol. The smallest absolute Gasteiger partial charge is 0.397 e. The van der Waals surface area contributed by atoms with E-state index in [1.807, 2.05) is 23.2 Å². The molecule has 1 aliphatic heterocycles. The Hall–Kier alpha value is -2.28. The molecular weight excluding hydrogens is 317 g/mol. The summed E-state index contributed by atoms with van der Waals surface area (Å²) in [6.45, 7) is 3.94. The molecule has 1 aliphatic rings. The van der Waals surface area contributed by atoms with Gasteiger partial charge in [-0.1, -0.05) is 6.07 Å². The van der Waals surface area contributed by atoms with Gasteiger partial charge in [0.05, 0.1) is 16.9 Å². The fraction of sp³-hybridized carbons (Fsp3) is 0.353. The predicted octanol–water partition coefficient (Wildman–Crippen LogP) is 3.00. The number of rotatable bonds is 3. The van der Waals surface area contributed by atoms with Crippen LogP contribution in [0.15, 0.2) is 42.7 Å². The summed E-state index contributed by atoms with van der Waals surface area (Å²) in [5, 5.41) is 0. The minimum atomic E-state index is -4.37. The topological polar surface area (TPSA) is 45.4 Å². The Morgan fingerprint density at radius 2 is 1.83 bits per heavy atom. The van der Waals surface area contributed by atoms with Crippen LogP contribution in [0, 0.1) is 0 Å². The van der Waals surface area contributed by atoms with Crippen LogP contribution in [0.4, 0.5) is 24.5 Å². The lowest BCUT2D eigenvalue weighted by Gasteiger charge is -2.36. The van der Waals surface area contributed by atoms with Crippen LogP contribution in [0.1, 0.15) is 11.1 Å². The molecule has 1 aromatic carbocycles. The molecule has 0 bridgehead atoms. The van der Waals surface area contributed by atoms with E-state index in [0.717, 1.165) is 50.4 Å². The van der Waals surface area contributed by atoms with Gasteiger partial charge in [-0.25, -0.2) is 0 Å². The number of alkyl halides is 3. The van der Waals surface area contributed by atoms with Gasteiger partial charge in [0.2, 0.25) is 0 Å². The van der Waals surface area contributed by atoms with Gasteiger partial charge in [-0.3, -0.25) is 9.88 Å². The Bertz CT molecular complexity index is 680. The van der Waals surface area contributed by atoms with E-state index in [1.165, 1.54) is 6.07 Å². The number of hydrogen-bond acceptors (Lipinski definition) is 4. The second-order valence-electron chi connectivity index (χ2n) is 5.90. The zero-order valence-electron chi connectivity index (χ0n) is 13.1. The molecule has 1 aromatic heterocycles. The number of aromatic nitrogens is 1. The van der Waals surface area contributed by atoms with Crippen LogP contribution < -0.4 is 10.6 Å².